The van der Waals surface area contributed by atoms with E-state index < -0.39 is 5.91 Å². The van der Waals surface area contributed by atoms with E-state index in [1.165, 1.54) is 7.11 Å². The zero-order valence-electron chi connectivity index (χ0n) is 19.9. The normalized spacial score (nSPS) is 10.9. The topological polar surface area (TPSA) is 106 Å². The number of halogens is 1. The fourth-order valence-corrected chi connectivity index (χ4v) is 3.81. The number of fused-ring (bicyclic) bond motifs is 1. The lowest BCUT2D eigenvalue weighted by Crippen LogP contribution is -2.25. The number of benzene rings is 2. The minimum atomic E-state index is -0.491. The Balaban J connectivity index is 1.73. The summed E-state index contributed by atoms with van der Waals surface area (Å²) in [5, 5.41) is 15.7. The molecule has 0 fully saturated rings. The lowest BCUT2D eigenvalue weighted by Gasteiger charge is -2.13. The standard InChI is InChI=1S/C26H27BrN4O4/c1-4-5-12-34-23-11-10-18-8-6-7-9-19(18)21(23)14-29-31-24(32)16-35-26-20(13-28)22(15-33-3)25(27)17(2)30-26/h6-11,14H,4-5,12,15-16H2,1-3H3,(H,31,32)/b29-14+. The van der Waals surface area contributed by atoms with Crippen molar-refractivity contribution in [2.45, 2.75) is 33.3 Å². The number of hydrogen-bond donors (Lipinski definition) is 1. The van der Waals surface area contributed by atoms with Crippen molar-refractivity contribution in [1.29, 1.82) is 5.26 Å². The molecule has 8 nitrogen and oxygen atoms in total. The van der Waals surface area contributed by atoms with E-state index in [4.69, 9.17) is 14.2 Å². The van der Waals surface area contributed by atoms with Crippen molar-refractivity contribution in [3.8, 4) is 17.7 Å². The quantitative estimate of drug-likeness (QED) is 0.208. The molecule has 3 rings (SSSR count). The van der Waals surface area contributed by atoms with Crippen LogP contribution in [0.15, 0.2) is 46.0 Å². The maximum Gasteiger partial charge on any atom is 0.278 e. The summed E-state index contributed by atoms with van der Waals surface area (Å²) < 4.78 is 17.3. The number of amides is 1. The van der Waals surface area contributed by atoms with Crippen molar-refractivity contribution >= 4 is 38.8 Å². The van der Waals surface area contributed by atoms with Crippen LogP contribution in [0.5, 0.6) is 11.6 Å². The number of aryl methyl sites for hydroxylation is 1. The van der Waals surface area contributed by atoms with Gasteiger partial charge >= 0.3 is 0 Å². The number of nitrogens with zero attached hydrogens (tertiary/aromatic N) is 3. The van der Waals surface area contributed by atoms with Crippen molar-refractivity contribution < 1.29 is 19.0 Å². The minimum absolute atomic E-state index is 0.0695. The van der Waals surface area contributed by atoms with Gasteiger partial charge in [-0.15, -0.1) is 0 Å². The van der Waals surface area contributed by atoms with Crippen molar-refractivity contribution in [2.24, 2.45) is 5.10 Å². The molecule has 0 radical (unpaired) electrons. The molecule has 1 aromatic heterocycles. The summed E-state index contributed by atoms with van der Waals surface area (Å²) in [5.74, 6) is 0.278. The van der Waals surface area contributed by atoms with Gasteiger partial charge in [0.05, 0.1) is 25.1 Å². The maximum absolute atomic E-state index is 12.4. The molecule has 9 heteroatoms. The van der Waals surface area contributed by atoms with Crippen LogP contribution in [0.25, 0.3) is 10.8 Å². The Morgan fingerprint density at radius 3 is 2.80 bits per heavy atom. The Labute approximate surface area is 213 Å². The summed E-state index contributed by atoms with van der Waals surface area (Å²) >= 11 is 3.43. The first-order valence-electron chi connectivity index (χ1n) is 11.2. The van der Waals surface area contributed by atoms with Crippen LogP contribution in [0, 0.1) is 18.3 Å². The molecule has 0 unspecified atom stereocenters. The van der Waals surface area contributed by atoms with Crippen LogP contribution in [0.1, 0.15) is 42.1 Å². The molecule has 2 aromatic carbocycles. The number of pyridine rings is 1. The van der Waals surface area contributed by atoms with E-state index in [1.807, 2.05) is 36.4 Å². The van der Waals surface area contributed by atoms with Crippen LogP contribution in [0.3, 0.4) is 0 Å². The van der Waals surface area contributed by atoms with E-state index in [1.54, 1.807) is 13.1 Å². The average Bonchev–Trinajstić information content (AvgIpc) is 2.86. The van der Waals surface area contributed by atoms with E-state index >= 15 is 0 Å². The van der Waals surface area contributed by atoms with Gasteiger partial charge in [0, 0.05) is 22.7 Å². The summed E-state index contributed by atoms with van der Waals surface area (Å²) in [6, 6.07) is 13.9. The Kier molecular flexibility index (Phi) is 9.58. The van der Waals surface area contributed by atoms with Gasteiger partial charge in [-0.2, -0.15) is 10.4 Å². The molecule has 0 atom stereocenters. The second-order valence-electron chi connectivity index (χ2n) is 7.70. The highest BCUT2D eigenvalue weighted by Crippen LogP contribution is 2.30. The zero-order chi connectivity index (χ0) is 25.2. The van der Waals surface area contributed by atoms with Gasteiger partial charge in [0.15, 0.2) is 6.61 Å². The van der Waals surface area contributed by atoms with Crippen LogP contribution in [-0.2, 0) is 16.1 Å². The average molecular weight is 539 g/mol. The predicted molar refractivity (Wildman–Crippen MR) is 138 cm³/mol. The van der Waals surface area contributed by atoms with E-state index in [2.05, 4.69) is 44.4 Å². The second-order valence-corrected chi connectivity index (χ2v) is 8.49. The van der Waals surface area contributed by atoms with Crippen LogP contribution in [0.2, 0.25) is 0 Å². The van der Waals surface area contributed by atoms with Crippen molar-refractivity contribution in [1.82, 2.24) is 10.4 Å². The first kappa shape index (κ1) is 26.1. The smallest absolute Gasteiger partial charge is 0.278 e. The Bertz CT molecular complexity index is 1270. The van der Waals surface area contributed by atoms with Gasteiger partial charge in [-0.05, 0) is 46.1 Å². The van der Waals surface area contributed by atoms with Crippen LogP contribution in [-0.4, -0.2) is 37.4 Å². The number of unbranched alkanes of at least 4 members (excludes halogenated alkanes) is 1. The largest absolute Gasteiger partial charge is 0.493 e. The molecule has 182 valence electrons. The Morgan fingerprint density at radius 1 is 1.26 bits per heavy atom. The molecule has 0 bridgehead atoms. The lowest BCUT2D eigenvalue weighted by atomic mass is 10.0. The summed E-state index contributed by atoms with van der Waals surface area (Å²) in [4.78, 5) is 16.7. The van der Waals surface area contributed by atoms with Gasteiger partial charge in [0.25, 0.3) is 5.91 Å². The van der Waals surface area contributed by atoms with Gasteiger partial charge in [-0.1, -0.05) is 43.7 Å². The lowest BCUT2D eigenvalue weighted by molar-refractivity contribution is -0.123. The zero-order valence-corrected chi connectivity index (χ0v) is 21.5. The molecule has 1 heterocycles. The number of nitrogens with one attached hydrogen (secondary N) is 1. The molecule has 35 heavy (non-hydrogen) atoms. The van der Waals surface area contributed by atoms with Crippen LogP contribution >= 0.6 is 15.9 Å². The third-order valence-electron chi connectivity index (χ3n) is 5.18. The highest BCUT2D eigenvalue weighted by atomic mass is 79.9. The second kappa shape index (κ2) is 12.8. The molecule has 0 saturated heterocycles. The third-order valence-corrected chi connectivity index (χ3v) is 6.23. The molecular weight excluding hydrogens is 512 g/mol. The highest BCUT2D eigenvalue weighted by Gasteiger charge is 2.18. The molecule has 0 saturated carbocycles. The first-order valence-corrected chi connectivity index (χ1v) is 12.0. The molecule has 1 N–H and O–H groups in total. The monoisotopic (exact) mass is 538 g/mol. The third kappa shape index (κ3) is 6.56. The van der Waals surface area contributed by atoms with Gasteiger partial charge in [0.2, 0.25) is 5.88 Å². The van der Waals surface area contributed by atoms with Crippen molar-refractivity contribution in [3.63, 3.8) is 0 Å². The summed E-state index contributed by atoms with van der Waals surface area (Å²) in [7, 11) is 1.53. The van der Waals surface area contributed by atoms with E-state index in [0.29, 0.717) is 28.1 Å². The molecule has 0 spiro atoms. The van der Waals surface area contributed by atoms with Gasteiger partial charge in [0.1, 0.15) is 17.4 Å². The Hall–Kier alpha value is -3.48. The molecule has 3 aromatic rings. The minimum Gasteiger partial charge on any atom is -0.493 e. The first-order chi connectivity index (χ1) is 17.0. The molecule has 0 aliphatic rings. The van der Waals surface area contributed by atoms with E-state index in [-0.39, 0.29) is 24.7 Å². The van der Waals surface area contributed by atoms with Crippen LogP contribution < -0.4 is 14.9 Å². The van der Waals surface area contributed by atoms with Crippen molar-refractivity contribution in [3.05, 3.63) is 63.3 Å². The van der Waals surface area contributed by atoms with Gasteiger partial charge in [-0.3, -0.25) is 4.79 Å². The molecule has 0 aliphatic heterocycles. The fourth-order valence-electron chi connectivity index (χ4n) is 3.41. The number of nitriles is 1. The number of ether oxygens (including phenoxy) is 3. The number of carbonyl (C=O) groups is 1. The fraction of sp³-hybridized carbons (Fsp3) is 0.308. The highest BCUT2D eigenvalue weighted by molar-refractivity contribution is 9.10. The molecule has 1 amide bonds. The van der Waals surface area contributed by atoms with Crippen molar-refractivity contribution in [2.75, 3.05) is 20.3 Å². The van der Waals surface area contributed by atoms with Crippen LogP contribution in [0.4, 0.5) is 0 Å². The Morgan fingerprint density at radius 2 is 2.06 bits per heavy atom. The summed E-state index contributed by atoms with van der Waals surface area (Å²) in [5.41, 5.74) is 4.70. The number of rotatable bonds is 11. The summed E-state index contributed by atoms with van der Waals surface area (Å²) in [6.07, 6.45) is 3.54. The van der Waals surface area contributed by atoms with Gasteiger partial charge < -0.3 is 14.2 Å². The van der Waals surface area contributed by atoms with E-state index in [0.717, 1.165) is 29.2 Å². The number of hydrazone groups is 1. The predicted octanol–water partition coefficient (Wildman–Crippen LogP) is 5.03. The number of methoxy groups -OCH3 is 1. The van der Waals surface area contributed by atoms with Gasteiger partial charge in [-0.25, -0.2) is 10.4 Å². The molecular formula is C26H27BrN4O4. The molecule has 0 aliphatic carbocycles. The number of hydrogen-bond acceptors (Lipinski definition) is 7. The maximum atomic E-state index is 12.4. The number of aromatic nitrogens is 1. The number of carbonyl (C=O) groups excluding carboxylic acids is 1. The summed E-state index contributed by atoms with van der Waals surface area (Å²) in [6.45, 7) is 4.32. The SMILES string of the molecule is CCCCOc1ccc2ccccc2c1/C=N/NC(=O)COc1nc(C)c(Br)c(COC)c1C#N. The van der Waals surface area contributed by atoms with E-state index in [9.17, 15) is 10.1 Å².